The highest BCUT2D eigenvalue weighted by Gasteiger charge is 2.14. The Bertz CT molecular complexity index is 178. The molecule has 1 aliphatic carbocycles. The van der Waals surface area contributed by atoms with Crippen molar-refractivity contribution in [2.75, 3.05) is 18.6 Å². The third-order valence-electron chi connectivity index (χ3n) is 2.96. The van der Waals surface area contributed by atoms with Crippen LogP contribution in [-0.4, -0.2) is 28.8 Å². The van der Waals surface area contributed by atoms with Crippen LogP contribution < -0.4 is 5.32 Å². The van der Waals surface area contributed by atoms with Gasteiger partial charge >= 0.3 is 0 Å². The molecule has 0 spiro atoms. The normalized spacial score (nSPS) is 23.3. The third kappa shape index (κ3) is 5.11. The van der Waals surface area contributed by atoms with Crippen molar-refractivity contribution in [3.8, 4) is 0 Å². The van der Waals surface area contributed by atoms with Crippen LogP contribution in [0, 0.1) is 5.92 Å². The van der Waals surface area contributed by atoms with E-state index >= 15 is 0 Å². The van der Waals surface area contributed by atoms with E-state index in [2.05, 4.69) is 12.2 Å². The molecule has 14 heavy (non-hydrogen) atoms. The molecule has 2 atom stereocenters. The molecule has 2 unspecified atom stereocenters. The first kappa shape index (κ1) is 12.2. The molecule has 0 aromatic heterocycles. The van der Waals surface area contributed by atoms with Gasteiger partial charge in [-0.05, 0) is 32.2 Å². The summed E-state index contributed by atoms with van der Waals surface area (Å²) < 4.78 is 11.0. The van der Waals surface area contributed by atoms with E-state index in [1.165, 1.54) is 32.1 Å². The summed E-state index contributed by atoms with van der Waals surface area (Å²) >= 11 is 0. The molecular formula is C11H23NOS. The largest absolute Gasteiger partial charge is 0.313 e. The van der Waals surface area contributed by atoms with Gasteiger partial charge in [0.1, 0.15) is 0 Å². The molecule has 1 fully saturated rings. The number of hydrogen-bond acceptors (Lipinski definition) is 2. The minimum absolute atomic E-state index is 0.405. The topological polar surface area (TPSA) is 29.1 Å². The van der Waals surface area contributed by atoms with E-state index in [9.17, 15) is 4.21 Å². The molecule has 3 heteroatoms. The van der Waals surface area contributed by atoms with Gasteiger partial charge in [-0.1, -0.05) is 19.3 Å². The SMILES string of the molecule is CC(CS(C)=O)NCC1CCCCC1. The van der Waals surface area contributed by atoms with Crippen molar-refractivity contribution in [2.45, 2.75) is 45.1 Å². The van der Waals surface area contributed by atoms with Crippen LogP contribution in [0.4, 0.5) is 0 Å². The fourth-order valence-electron chi connectivity index (χ4n) is 2.17. The smallest absolute Gasteiger partial charge is 0.0383 e. The maximum absolute atomic E-state index is 11.0. The first-order chi connectivity index (χ1) is 6.68. The van der Waals surface area contributed by atoms with E-state index in [1.807, 2.05) is 0 Å². The first-order valence-electron chi connectivity index (χ1n) is 5.72. The van der Waals surface area contributed by atoms with Gasteiger partial charge < -0.3 is 5.32 Å². The van der Waals surface area contributed by atoms with E-state index in [-0.39, 0.29) is 0 Å². The summed E-state index contributed by atoms with van der Waals surface area (Å²) in [6.45, 7) is 3.25. The van der Waals surface area contributed by atoms with E-state index < -0.39 is 10.8 Å². The van der Waals surface area contributed by atoms with E-state index in [0.717, 1.165) is 18.2 Å². The fourth-order valence-corrected chi connectivity index (χ4v) is 2.99. The minimum atomic E-state index is -0.665. The Balaban J connectivity index is 2.09. The highest BCUT2D eigenvalue weighted by Crippen LogP contribution is 2.22. The van der Waals surface area contributed by atoms with Gasteiger partial charge in [0.05, 0.1) is 0 Å². The highest BCUT2D eigenvalue weighted by atomic mass is 32.2. The minimum Gasteiger partial charge on any atom is -0.313 e. The Kier molecular flexibility index (Phi) is 5.71. The van der Waals surface area contributed by atoms with E-state index in [4.69, 9.17) is 0 Å². The lowest BCUT2D eigenvalue weighted by atomic mass is 9.89. The molecule has 0 bridgehead atoms. The van der Waals surface area contributed by atoms with Gasteiger partial charge in [-0.15, -0.1) is 0 Å². The van der Waals surface area contributed by atoms with Crippen LogP contribution >= 0.6 is 0 Å². The van der Waals surface area contributed by atoms with Crippen molar-refractivity contribution in [3.63, 3.8) is 0 Å². The Morgan fingerprint density at radius 1 is 1.36 bits per heavy atom. The van der Waals surface area contributed by atoms with Crippen LogP contribution in [0.2, 0.25) is 0 Å². The quantitative estimate of drug-likeness (QED) is 0.762. The zero-order valence-electron chi connectivity index (χ0n) is 9.42. The predicted molar refractivity (Wildman–Crippen MR) is 63.0 cm³/mol. The Labute approximate surface area is 90.3 Å². The zero-order valence-corrected chi connectivity index (χ0v) is 10.2. The van der Waals surface area contributed by atoms with Gasteiger partial charge in [-0.2, -0.15) is 0 Å². The van der Waals surface area contributed by atoms with Gasteiger partial charge in [0.2, 0.25) is 0 Å². The molecule has 1 saturated carbocycles. The van der Waals surface area contributed by atoms with Crippen molar-refractivity contribution in [1.29, 1.82) is 0 Å². The summed E-state index contributed by atoms with van der Waals surface area (Å²) in [5, 5.41) is 3.49. The molecule has 0 aromatic rings. The summed E-state index contributed by atoms with van der Waals surface area (Å²) in [5.41, 5.74) is 0. The molecule has 0 aromatic carbocycles. The second kappa shape index (κ2) is 6.57. The van der Waals surface area contributed by atoms with Gasteiger partial charge in [0, 0.05) is 28.9 Å². The second-order valence-electron chi connectivity index (χ2n) is 4.55. The van der Waals surface area contributed by atoms with Crippen molar-refractivity contribution < 1.29 is 4.21 Å². The summed E-state index contributed by atoms with van der Waals surface area (Å²) in [6, 6.07) is 0.405. The maximum Gasteiger partial charge on any atom is 0.0383 e. The van der Waals surface area contributed by atoms with Crippen LogP contribution in [0.25, 0.3) is 0 Å². The Hall–Kier alpha value is 0.110. The number of hydrogen-bond donors (Lipinski definition) is 1. The van der Waals surface area contributed by atoms with Gasteiger partial charge in [-0.3, -0.25) is 4.21 Å². The van der Waals surface area contributed by atoms with Crippen molar-refractivity contribution in [3.05, 3.63) is 0 Å². The van der Waals surface area contributed by atoms with Gasteiger partial charge in [0.25, 0.3) is 0 Å². The molecular weight excluding hydrogens is 194 g/mol. The van der Waals surface area contributed by atoms with Crippen LogP contribution in [-0.2, 0) is 10.8 Å². The monoisotopic (exact) mass is 217 g/mol. The molecule has 1 aliphatic rings. The van der Waals surface area contributed by atoms with Gasteiger partial charge in [-0.25, -0.2) is 0 Å². The fraction of sp³-hybridized carbons (Fsp3) is 1.00. The molecule has 0 amide bonds. The molecule has 0 aliphatic heterocycles. The summed E-state index contributed by atoms with van der Waals surface area (Å²) in [5.74, 6) is 1.66. The molecule has 84 valence electrons. The Morgan fingerprint density at radius 2 is 2.00 bits per heavy atom. The van der Waals surface area contributed by atoms with Crippen LogP contribution in [0.15, 0.2) is 0 Å². The van der Waals surface area contributed by atoms with Crippen LogP contribution in [0.3, 0.4) is 0 Å². The molecule has 2 nitrogen and oxygen atoms in total. The van der Waals surface area contributed by atoms with Gasteiger partial charge in [0.15, 0.2) is 0 Å². The summed E-state index contributed by atoms with van der Waals surface area (Å²) in [4.78, 5) is 0. The van der Waals surface area contributed by atoms with Crippen molar-refractivity contribution >= 4 is 10.8 Å². The third-order valence-corrected chi connectivity index (χ3v) is 3.93. The molecule has 1 rings (SSSR count). The number of nitrogens with one attached hydrogen (secondary N) is 1. The number of rotatable bonds is 5. The highest BCUT2D eigenvalue weighted by molar-refractivity contribution is 7.84. The lowest BCUT2D eigenvalue weighted by Gasteiger charge is -2.23. The lowest BCUT2D eigenvalue weighted by Crippen LogP contribution is -2.35. The molecule has 1 N–H and O–H groups in total. The first-order valence-corrected chi connectivity index (χ1v) is 7.44. The van der Waals surface area contributed by atoms with E-state index in [1.54, 1.807) is 6.26 Å². The molecule has 0 saturated heterocycles. The predicted octanol–water partition coefficient (Wildman–Crippen LogP) is 1.92. The molecule has 0 radical (unpaired) electrons. The van der Waals surface area contributed by atoms with Crippen molar-refractivity contribution in [2.24, 2.45) is 5.92 Å². The van der Waals surface area contributed by atoms with Crippen molar-refractivity contribution in [1.82, 2.24) is 5.32 Å². The average Bonchev–Trinajstić information content (AvgIpc) is 2.15. The molecule has 0 heterocycles. The van der Waals surface area contributed by atoms with Crippen LogP contribution in [0.5, 0.6) is 0 Å². The van der Waals surface area contributed by atoms with E-state index in [0.29, 0.717) is 6.04 Å². The summed E-state index contributed by atoms with van der Waals surface area (Å²) in [6.07, 6.45) is 8.77. The average molecular weight is 217 g/mol. The maximum atomic E-state index is 11.0. The standard InChI is InChI=1S/C11H23NOS/c1-10(9-14(2)13)12-8-11-6-4-3-5-7-11/h10-12H,3-9H2,1-2H3. The lowest BCUT2D eigenvalue weighted by molar-refractivity contribution is 0.334. The van der Waals surface area contributed by atoms with Crippen LogP contribution in [0.1, 0.15) is 39.0 Å². The Morgan fingerprint density at radius 3 is 2.57 bits per heavy atom. The second-order valence-corrected chi connectivity index (χ2v) is 6.03. The summed E-state index contributed by atoms with van der Waals surface area (Å²) in [7, 11) is -0.665. The zero-order chi connectivity index (χ0) is 10.4.